The first-order chi connectivity index (χ1) is 27.5. The highest BCUT2D eigenvalue weighted by molar-refractivity contribution is 7.47. The van der Waals surface area contributed by atoms with Crippen LogP contribution in [0.3, 0.4) is 0 Å². The number of unbranched alkanes of at least 4 members (excludes halogenated alkanes) is 14. The number of carbonyl (C=O) groups excluding carboxylic acids is 3. The molecule has 0 aliphatic carbocycles. The molecule has 1 unspecified atom stereocenters. The maximum Gasteiger partial charge on any atom is 0.472 e. The number of phosphoric ester groups is 1. The zero-order valence-corrected chi connectivity index (χ0v) is 35.8. The van der Waals surface area contributed by atoms with Crippen molar-refractivity contribution in [3.8, 4) is 0 Å². The summed E-state index contributed by atoms with van der Waals surface area (Å²) in [5.41, 5.74) is 5.32. The van der Waals surface area contributed by atoms with Gasteiger partial charge in [0.2, 0.25) is 0 Å². The summed E-state index contributed by atoms with van der Waals surface area (Å²) < 4.78 is 32.6. The number of nitrogens with two attached hydrogens (primary N) is 1. The van der Waals surface area contributed by atoms with E-state index >= 15 is 0 Å². The molecule has 0 aromatic heterocycles. The minimum Gasteiger partial charge on any atom is -0.480 e. The Hall–Kier alpha value is -3.15. The molecule has 0 radical (unpaired) electrons. The first kappa shape index (κ1) is 53.9. The number of hydrogen-bond acceptors (Lipinski definition) is 10. The predicted molar refractivity (Wildman–Crippen MR) is 226 cm³/mol. The number of hydrogen-bond donors (Lipinski definition) is 3. The van der Waals surface area contributed by atoms with Gasteiger partial charge in [0.15, 0.2) is 11.9 Å². The maximum atomic E-state index is 12.6. The lowest BCUT2D eigenvalue weighted by atomic mass is 10.1. The van der Waals surface area contributed by atoms with Crippen molar-refractivity contribution in [2.75, 3.05) is 19.8 Å². The molecule has 0 heterocycles. The smallest absolute Gasteiger partial charge is 0.472 e. The molecule has 0 fully saturated rings. The van der Waals surface area contributed by atoms with Crippen LogP contribution in [-0.4, -0.2) is 65.7 Å². The number of aliphatic carboxylic acids is 1. The number of carbonyl (C=O) groups is 4. The lowest BCUT2D eigenvalue weighted by Crippen LogP contribution is -2.34. The van der Waals surface area contributed by atoms with Crippen molar-refractivity contribution in [2.45, 2.75) is 174 Å². The minimum atomic E-state index is -4.74. The van der Waals surface area contributed by atoms with E-state index in [1.807, 2.05) is 12.2 Å². The molecule has 0 spiro atoms. The number of allylic oxidation sites excluding steroid dienone is 10. The summed E-state index contributed by atoms with van der Waals surface area (Å²) >= 11 is 0. The first-order valence-corrected chi connectivity index (χ1v) is 22.8. The van der Waals surface area contributed by atoms with Crippen molar-refractivity contribution in [3.63, 3.8) is 0 Å². The largest absolute Gasteiger partial charge is 0.480 e. The highest BCUT2D eigenvalue weighted by Crippen LogP contribution is 2.43. The van der Waals surface area contributed by atoms with E-state index in [0.29, 0.717) is 19.3 Å². The Morgan fingerprint density at radius 1 is 0.596 bits per heavy atom. The van der Waals surface area contributed by atoms with E-state index in [1.54, 1.807) is 12.2 Å². The SMILES string of the molecule is CCCCC/C=C\C/C=C\C/C=C\CCCCCCC(=O)OC[C@H](COP(=O)(O)OC[C@H](N)C(=O)O)OC(=O)CCCCCCC/C=C\C=C\C(=O)CCCCC. The Bertz CT molecular complexity index is 1260. The molecule has 0 saturated carbocycles. The van der Waals surface area contributed by atoms with Crippen molar-refractivity contribution in [1.82, 2.24) is 0 Å². The zero-order valence-electron chi connectivity index (χ0n) is 34.9. The summed E-state index contributed by atoms with van der Waals surface area (Å²) in [6, 6.07) is -1.54. The van der Waals surface area contributed by atoms with Gasteiger partial charge in [-0.2, -0.15) is 0 Å². The molecular formula is C44H74NO11P. The summed E-state index contributed by atoms with van der Waals surface area (Å²) in [5.74, 6) is -2.33. The standard InChI is InChI=1S/C44H74NO11P/c1-3-5-7-8-9-10-11-12-13-14-15-16-17-20-23-26-30-34-42(47)53-36-40(37-54-57(51,52)55-38-41(45)44(49)50)56-43(48)35-31-27-24-21-18-19-22-25-29-33-39(46)32-28-6-4-2/h9-10,12-13,15-16,22,25,29,33,40-41H,3-8,11,14,17-21,23-24,26-28,30-32,34-38,45H2,1-2H3,(H,49,50)(H,51,52)/b10-9-,13-12-,16-15-,25-22-,33-29+/t40-,41+/m1/s1. The van der Waals surface area contributed by atoms with Gasteiger partial charge in [-0.3, -0.25) is 28.2 Å². The summed E-state index contributed by atoms with van der Waals surface area (Å²) in [7, 11) is -4.74. The average molecular weight is 824 g/mol. The number of carboxylic acid groups (broad SMARTS) is 1. The van der Waals surface area contributed by atoms with Crippen molar-refractivity contribution >= 4 is 31.5 Å². The topological polar surface area (TPSA) is 189 Å². The van der Waals surface area contributed by atoms with Gasteiger partial charge in [0.25, 0.3) is 0 Å². The number of carboxylic acids is 1. The van der Waals surface area contributed by atoms with Gasteiger partial charge in [0.1, 0.15) is 12.6 Å². The Kier molecular flexibility index (Phi) is 36.3. The second-order valence-corrected chi connectivity index (χ2v) is 15.6. The van der Waals surface area contributed by atoms with E-state index in [4.69, 9.17) is 24.8 Å². The highest BCUT2D eigenvalue weighted by atomic mass is 31.2. The third-order valence-corrected chi connectivity index (χ3v) is 9.67. The summed E-state index contributed by atoms with van der Waals surface area (Å²) in [6.45, 7) is 2.54. The summed E-state index contributed by atoms with van der Waals surface area (Å²) in [6.07, 6.45) is 39.8. The third kappa shape index (κ3) is 38.2. The predicted octanol–water partition coefficient (Wildman–Crippen LogP) is 10.3. The molecular weight excluding hydrogens is 749 g/mol. The normalized spacial score (nSPS) is 14.2. The van der Waals surface area contributed by atoms with Gasteiger partial charge in [-0.05, 0) is 76.7 Å². The number of ketones is 1. The van der Waals surface area contributed by atoms with Crippen LogP contribution >= 0.6 is 7.82 Å². The fraction of sp³-hybridized carbons (Fsp3) is 0.682. The van der Waals surface area contributed by atoms with E-state index in [-0.39, 0.29) is 25.2 Å². The van der Waals surface area contributed by atoms with Crippen molar-refractivity contribution < 1.29 is 52.3 Å². The van der Waals surface area contributed by atoms with Crippen molar-refractivity contribution in [2.24, 2.45) is 5.73 Å². The molecule has 12 nitrogen and oxygen atoms in total. The fourth-order valence-corrected chi connectivity index (χ4v) is 6.06. The lowest BCUT2D eigenvalue weighted by Gasteiger charge is -2.20. The average Bonchev–Trinajstić information content (AvgIpc) is 3.18. The Morgan fingerprint density at radius 3 is 1.70 bits per heavy atom. The monoisotopic (exact) mass is 823 g/mol. The van der Waals surface area contributed by atoms with Crippen LogP contribution in [0.5, 0.6) is 0 Å². The van der Waals surface area contributed by atoms with Crippen LogP contribution in [0.4, 0.5) is 0 Å². The molecule has 0 saturated heterocycles. The molecule has 13 heteroatoms. The van der Waals surface area contributed by atoms with Crippen LogP contribution < -0.4 is 5.73 Å². The van der Waals surface area contributed by atoms with Crippen LogP contribution in [-0.2, 0) is 42.3 Å². The quantitative estimate of drug-likeness (QED) is 0.0133. The molecule has 3 atom stereocenters. The highest BCUT2D eigenvalue weighted by Gasteiger charge is 2.28. The van der Waals surface area contributed by atoms with Gasteiger partial charge in [-0.1, -0.05) is 126 Å². The van der Waals surface area contributed by atoms with E-state index in [2.05, 4.69) is 54.8 Å². The van der Waals surface area contributed by atoms with Crippen LogP contribution in [0.25, 0.3) is 0 Å². The van der Waals surface area contributed by atoms with Gasteiger partial charge in [-0.15, -0.1) is 0 Å². The van der Waals surface area contributed by atoms with Crippen LogP contribution in [0, 0.1) is 0 Å². The minimum absolute atomic E-state index is 0.102. The fourth-order valence-electron chi connectivity index (χ4n) is 5.29. The van der Waals surface area contributed by atoms with E-state index in [1.165, 1.54) is 19.3 Å². The van der Waals surface area contributed by atoms with E-state index in [9.17, 15) is 28.6 Å². The van der Waals surface area contributed by atoms with Crippen LogP contribution in [0.1, 0.15) is 162 Å². The van der Waals surface area contributed by atoms with Gasteiger partial charge in [0.05, 0.1) is 13.2 Å². The molecule has 0 amide bonds. The third-order valence-electron chi connectivity index (χ3n) is 8.71. The second-order valence-electron chi connectivity index (χ2n) is 14.2. The van der Waals surface area contributed by atoms with Crippen LogP contribution in [0.2, 0.25) is 0 Å². The molecule has 0 bridgehead atoms. The molecule has 0 rings (SSSR count). The molecule has 0 aliphatic rings. The Balaban J connectivity index is 4.50. The van der Waals surface area contributed by atoms with E-state index < -0.39 is 51.1 Å². The van der Waals surface area contributed by atoms with Crippen molar-refractivity contribution in [1.29, 1.82) is 0 Å². The number of esters is 2. The summed E-state index contributed by atoms with van der Waals surface area (Å²) in [4.78, 5) is 57.7. The second kappa shape index (κ2) is 38.4. The van der Waals surface area contributed by atoms with Gasteiger partial charge < -0.3 is 25.2 Å². The molecule has 0 aromatic carbocycles. The molecule has 326 valence electrons. The lowest BCUT2D eigenvalue weighted by molar-refractivity contribution is -0.161. The number of phosphoric acid groups is 1. The molecule has 0 aromatic rings. The summed E-state index contributed by atoms with van der Waals surface area (Å²) in [5, 5.41) is 8.88. The van der Waals surface area contributed by atoms with E-state index in [0.717, 1.165) is 96.3 Å². The van der Waals surface area contributed by atoms with Gasteiger partial charge in [-0.25, -0.2) is 4.57 Å². The number of ether oxygens (including phenoxy) is 2. The van der Waals surface area contributed by atoms with Crippen molar-refractivity contribution in [3.05, 3.63) is 60.8 Å². The zero-order chi connectivity index (χ0) is 42.2. The molecule has 4 N–H and O–H groups in total. The molecule has 0 aliphatic heterocycles. The molecule has 57 heavy (non-hydrogen) atoms. The van der Waals surface area contributed by atoms with Gasteiger partial charge >= 0.3 is 25.7 Å². The van der Waals surface area contributed by atoms with Gasteiger partial charge in [0, 0.05) is 19.3 Å². The Morgan fingerprint density at radius 2 is 1.09 bits per heavy atom. The first-order valence-electron chi connectivity index (χ1n) is 21.3. The number of rotatable bonds is 39. The maximum absolute atomic E-state index is 12.6. The Labute approximate surface area is 343 Å². The van der Waals surface area contributed by atoms with Crippen LogP contribution in [0.15, 0.2) is 60.8 Å².